The summed E-state index contributed by atoms with van der Waals surface area (Å²) in [7, 11) is 0. The zero-order valence-corrected chi connectivity index (χ0v) is 12.9. The maximum Gasteiger partial charge on any atom is 0.249 e. The monoisotopic (exact) mass is 312 g/mol. The number of amides is 2. The number of halogens is 1. The van der Waals surface area contributed by atoms with Crippen LogP contribution in [0.2, 0.25) is 5.02 Å². The maximum absolute atomic E-state index is 11.8. The van der Waals surface area contributed by atoms with E-state index in [4.69, 9.17) is 17.3 Å². The van der Waals surface area contributed by atoms with Gasteiger partial charge in [0, 0.05) is 11.4 Å². The minimum atomic E-state index is -1.14. The molecule has 0 saturated carbocycles. The van der Waals surface area contributed by atoms with Crippen LogP contribution in [-0.2, 0) is 16.0 Å². The molecule has 116 valence electrons. The topological polar surface area (TPSA) is 92.4 Å². The highest BCUT2D eigenvalue weighted by atomic mass is 35.5. The Morgan fingerprint density at radius 3 is 2.33 bits per heavy atom. The van der Waals surface area contributed by atoms with Crippen LogP contribution in [0, 0.1) is 5.92 Å². The van der Waals surface area contributed by atoms with Gasteiger partial charge in [0.05, 0.1) is 0 Å². The van der Waals surface area contributed by atoms with Gasteiger partial charge in [0.2, 0.25) is 11.8 Å². The first-order valence-corrected chi connectivity index (χ1v) is 7.19. The standard InChI is InChI=1S/C15H21ClN2O3/c1-9(2)7-13(19)15(21)18-12(14(17)20)8-10-3-5-11(16)6-4-10/h3-6,9,12-13,19H,7-8H2,1-2H3,(H2,17,20)(H,18,21)/t12-,13+/m1/s1. The van der Waals surface area contributed by atoms with Crippen LogP contribution in [0.3, 0.4) is 0 Å². The van der Waals surface area contributed by atoms with E-state index in [0.717, 1.165) is 5.56 Å². The summed E-state index contributed by atoms with van der Waals surface area (Å²) in [6.07, 6.45) is -0.553. The van der Waals surface area contributed by atoms with Crippen molar-refractivity contribution in [2.24, 2.45) is 11.7 Å². The van der Waals surface area contributed by atoms with Crippen molar-refractivity contribution in [1.82, 2.24) is 5.32 Å². The first kappa shape index (κ1) is 17.5. The quantitative estimate of drug-likeness (QED) is 0.707. The second-order valence-corrected chi connectivity index (χ2v) is 5.88. The van der Waals surface area contributed by atoms with E-state index in [1.807, 2.05) is 13.8 Å². The Balaban J connectivity index is 2.67. The van der Waals surface area contributed by atoms with Crippen molar-refractivity contribution < 1.29 is 14.7 Å². The van der Waals surface area contributed by atoms with Gasteiger partial charge in [-0.1, -0.05) is 37.6 Å². The average Bonchev–Trinajstić information content (AvgIpc) is 2.39. The Kier molecular flexibility index (Phi) is 6.65. The minimum absolute atomic E-state index is 0.175. The summed E-state index contributed by atoms with van der Waals surface area (Å²) in [5.74, 6) is -1.05. The van der Waals surface area contributed by atoms with Crippen LogP contribution in [0.25, 0.3) is 0 Å². The lowest BCUT2D eigenvalue weighted by Gasteiger charge is -2.19. The molecule has 1 aromatic carbocycles. The normalized spacial score (nSPS) is 13.8. The van der Waals surface area contributed by atoms with E-state index in [1.54, 1.807) is 24.3 Å². The van der Waals surface area contributed by atoms with Crippen molar-refractivity contribution in [3.8, 4) is 0 Å². The summed E-state index contributed by atoms with van der Waals surface area (Å²) in [6, 6.07) is 6.05. The molecule has 0 aromatic heterocycles. The smallest absolute Gasteiger partial charge is 0.249 e. The van der Waals surface area contributed by atoms with Gasteiger partial charge in [-0.05, 0) is 30.0 Å². The fourth-order valence-corrected chi connectivity index (χ4v) is 2.03. The molecular weight excluding hydrogens is 292 g/mol. The fourth-order valence-electron chi connectivity index (χ4n) is 1.90. The van der Waals surface area contributed by atoms with E-state index in [0.29, 0.717) is 11.4 Å². The highest BCUT2D eigenvalue weighted by Crippen LogP contribution is 2.11. The molecule has 4 N–H and O–H groups in total. The average molecular weight is 313 g/mol. The van der Waals surface area contributed by atoms with Crippen LogP contribution in [0.15, 0.2) is 24.3 Å². The van der Waals surface area contributed by atoms with Crippen molar-refractivity contribution >= 4 is 23.4 Å². The highest BCUT2D eigenvalue weighted by molar-refractivity contribution is 6.30. The second-order valence-electron chi connectivity index (χ2n) is 5.44. The van der Waals surface area contributed by atoms with Gasteiger partial charge in [-0.2, -0.15) is 0 Å². The molecular formula is C15H21ClN2O3. The first-order chi connectivity index (χ1) is 9.79. The Morgan fingerprint density at radius 1 is 1.29 bits per heavy atom. The molecule has 0 spiro atoms. The minimum Gasteiger partial charge on any atom is -0.383 e. The molecule has 0 aliphatic carbocycles. The Hall–Kier alpha value is -1.59. The van der Waals surface area contributed by atoms with Crippen molar-refractivity contribution in [1.29, 1.82) is 0 Å². The molecule has 0 fully saturated rings. The van der Waals surface area contributed by atoms with E-state index < -0.39 is 24.0 Å². The number of hydrogen-bond donors (Lipinski definition) is 3. The van der Waals surface area contributed by atoms with Gasteiger partial charge in [-0.25, -0.2) is 0 Å². The Bertz CT molecular complexity index is 488. The molecule has 5 nitrogen and oxygen atoms in total. The van der Waals surface area contributed by atoms with Gasteiger partial charge >= 0.3 is 0 Å². The lowest BCUT2D eigenvalue weighted by atomic mass is 10.0. The number of hydrogen-bond acceptors (Lipinski definition) is 3. The predicted octanol–water partition coefficient (Wildman–Crippen LogP) is 1.26. The molecule has 21 heavy (non-hydrogen) atoms. The summed E-state index contributed by atoms with van der Waals surface area (Å²) >= 11 is 5.79. The van der Waals surface area contributed by atoms with E-state index >= 15 is 0 Å². The number of aliphatic hydroxyl groups is 1. The van der Waals surface area contributed by atoms with E-state index in [2.05, 4.69) is 5.32 Å². The second kappa shape index (κ2) is 8.00. The summed E-state index contributed by atoms with van der Waals surface area (Å²) in [5.41, 5.74) is 6.12. The zero-order chi connectivity index (χ0) is 16.0. The van der Waals surface area contributed by atoms with E-state index in [9.17, 15) is 14.7 Å². The first-order valence-electron chi connectivity index (χ1n) is 6.81. The zero-order valence-electron chi connectivity index (χ0n) is 12.2. The van der Waals surface area contributed by atoms with Crippen LogP contribution >= 0.6 is 11.6 Å². The van der Waals surface area contributed by atoms with E-state index in [-0.39, 0.29) is 12.3 Å². The third-order valence-electron chi connectivity index (χ3n) is 3.01. The molecule has 6 heteroatoms. The number of primary amides is 1. The van der Waals surface area contributed by atoms with Crippen molar-refractivity contribution in [3.05, 3.63) is 34.9 Å². The van der Waals surface area contributed by atoms with Gasteiger partial charge < -0.3 is 16.2 Å². The molecule has 0 aliphatic heterocycles. The molecule has 1 rings (SSSR count). The number of carbonyl (C=O) groups excluding carboxylic acids is 2. The summed E-state index contributed by atoms with van der Waals surface area (Å²) in [5, 5.41) is 12.8. The number of carbonyl (C=O) groups is 2. The predicted molar refractivity (Wildman–Crippen MR) is 81.7 cm³/mol. The van der Waals surface area contributed by atoms with Crippen LogP contribution in [0.5, 0.6) is 0 Å². The number of nitrogens with two attached hydrogens (primary N) is 1. The van der Waals surface area contributed by atoms with Gasteiger partial charge in [0.25, 0.3) is 0 Å². The molecule has 0 radical (unpaired) electrons. The molecule has 2 atom stereocenters. The molecule has 0 unspecified atom stereocenters. The lowest BCUT2D eigenvalue weighted by Crippen LogP contribution is -2.49. The third kappa shape index (κ3) is 6.14. The number of benzene rings is 1. The molecule has 2 amide bonds. The van der Waals surface area contributed by atoms with Gasteiger partial charge in [0.15, 0.2) is 0 Å². The van der Waals surface area contributed by atoms with Gasteiger partial charge in [-0.3, -0.25) is 9.59 Å². The van der Waals surface area contributed by atoms with Crippen molar-refractivity contribution in [2.45, 2.75) is 38.8 Å². The maximum atomic E-state index is 11.8. The number of aliphatic hydroxyl groups excluding tert-OH is 1. The SMILES string of the molecule is CC(C)C[C@H](O)C(=O)N[C@H](Cc1ccc(Cl)cc1)C(N)=O. The van der Waals surface area contributed by atoms with Gasteiger partial charge in [0.1, 0.15) is 12.1 Å². The fraction of sp³-hybridized carbons (Fsp3) is 0.467. The molecule has 0 aliphatic rings. The Morgan fingerprint density at radius 2 is 1.86 bits per heavy atom. The van der Waals surface area contributed by atoms with Crippen LogP contribution < -0.4 is 11.1 Å². The largest absolute Gasteiger partial charge is 0.383 e. The van der Waals surface area contributed by atoms with Crippen molar-refractivity contribution in [3.63, 3.8) is 0 Å². The molecule has 0 saturated heterocycles. The summed E-state index contributed by atoms with van der Waals surface area (Å²) in [6.45, 7) is 3.80. The third-order valence-corrected chi connectivity index (χ3v) is 3.26. The van der Waals surface area contributed by atoms with Crippen LogP contribution in [0.1, 0.15) is 25.8 Å². The summed E-state index contributed by atoms with van der Waals surface area (Å²) in [4.78, 5) is 23.3. The van der Waals surface area contributed by atoms with Gasteiger partial charge in [-0.15, -0.1) is 0 Å². The summed E-state index contributed by atoms with van der Waals surface area (Å²) < 4.78 is 0. The van der Waals surface area contributed by atoms with E-state index in [1.165, 1.54) is 0 Å². The van der Waals surface area contributed by atoms with Crippen LogP contribution in [0.4, 0.5) is 0 Å². The molecule has 0 bridgehead atoms. The number of nitrogens with one attached hydrogen (secondary N) is 1. The number of rotatable bonds is 7. The van der Waals surface area contributed by atoms with Crippen LogP contribution in [-0.4, -0.2) is 29.1 Å². The highest BCUT2D eigenvalue weighted by Gasteiger charge is 2.23. The lowest BCUT2D eigenvalue weighted by molar-refractivity contribution is -0.133. The van der Waals surface area contributed by atoms with Crippen molar-refractivity contribution in [2.75, 3.05) is 0 Å². The Labute approximate surface area is 129 Å². The molecule has 0 heterocycles. The molecule has 1 aromatic rings.